The van der Waals surface area contributed by atoms with Gasteiger partial charge in [-0.3, -0.25) is 14.7 Å². The van der Waals surface area contributed by atoms with Gasteiger partial charge in [-0.05, 0) is 29.8 Å². The number of hydrogen-bond donors (Lipinski definition) is 1. The monoisotopic (exact) mass is 519 g/mol. The number of pyridine rings is 1. The van der Waals surface area contributed by atoms with Gasteiger partial charge in [-0.25, -0.2) is 4.79 Å². The van der Waals surface area contributed by atoms with Gasteiger partial charge in [-0.1, -0.05) is 71.7 Å². The molecule has 4 aromatic rings. The van der Waals surface area contributed by atoms with Crippen molar-refractivity contribution in [3.05, 3.63) is 105 Å². The van der Waals surface area contributed by atoms with Crippen LogP contribution in [0.1, 0.15) is 27.2 Å². The van der Waals surface area contributed by atoms with E-state index in [-0.39, 0.29) is 0 Å². The highest BCUT2D eigenvalue weighted by atomic mass is 35.5. The molecule has 5 rings (SSSR count). The second kappa shape index (κ2) is 10.7. The number of hydrogen-bond acceptors (Lipinski definition) is 5. The summed E-state index contributed by atoms with van der Waals surface area (Å²) in [6, 6.07) is 22.5. The number of carbonyl (C=O) groups is 2. The maximum atomic E-state index is 13.4. The van der Waals surface area contributed by atoms with Gasteiger partial charge in [0.25, 0.3) is 5.91 Å². The number of halogens is 2. The minimum atomic E-state index is -0.552. The Hall–Kier alpha value is -3.45. The molecule has 0 spiro atoms. The number of nitrogens with one attached hydrogen (secondary N) is 1. The first-order chi connectivity index (χ1) is 17.5. The Morgan fingerprint density at radius 3 is 2.58 bits per heavy atom. The lowest BCUT2D eigenvalue weighted by Crippen LogP contribution is -2.32. The standard InChI is InChI=1S/C28H23Cl2N3O3/c29-19-10-11-25(22(30)14-19)32-26(34)17-36-28(35)27-20-8-4-5-9-23(20)31-24-12-13-33(16-21(24)27)15-18-6-2-1-3-7-18/h1-11,14H,12-13,15-17H2,(H,32,34). The third kappa shape index (κ3) is 5.36. The van der Waals surface area contributed by atoms with Crippen LogP contribution in [0.15, 0.2) is 72.8 Å². The molecule has 1 aliphatic rings. The molecule has 182 valence electrons. The fourth-order valence-electron chi connectivity index (χ4n) is 4.44. The number of amides is 1. The highest BCUT2D eigenvalue weighted by molar-refractivity contribution is 6.36. The number of anilines is 1. The second-order valence-corrected chi connectivity index (χ2v) is 9.47. The minimum Gasteiger partial charge on any atom is -0.452 e. The summed E-state index contributed by atoms with van der Waals surface area (Å²) in [4.78, 5) is 33.0. The van der Waals surface area contributed by atoms with E-state index in [9.17, 15) is 9.59 Å². The molecule has 0 saturated carbocycles. The summed E-state index contributed by atoms with van der Waals surface area (Å²) in [5.74, 6) is -1.05. The summed E-state index contributed by atoms with van der Waals surface area (Å²) >= 11 is 12.0. The maximum absolute atomic E-state index is 13.4. The zero-order valence-corrected chi connectivity index (χ0v) is 20.9. The Bertz CT molecular complexity index is 1440. The van der Waals surface area contributed by atoms with Gasteiger partial charge in [0, 0.05) is 47.7 Å². The van der Waals surface area contributed by atoms with E-state index in [2.05, 4.69) is 22.3 Å². The maximum Gasteiger partial charge on any atom is 0.339 e. The lowest BCUT2D eigenvalue weighted by molar-refractivity contribution is -0.119. The molecule has 1 aliphatic heterocycles. The van der Waals surface area contributed by atoms with Crippen LogP contribution in [-0.4, -0.2) is 34.9 Å². The van der Waals surface area contributed by atoms with Crippen LogP contribution in [-0.2, 0) is 29.0 Å². The van der Waals surface area contributed by atoms with Crippen molar-refractivity contribution in [3.8, 4) is 0 Å². The van der Waals surface area contributed by atoms with E-state index in [1.807, 2.05) is 42.5 Å². The van der Waals surface area contributed by atoms with Crippen LogP contribution in [0.3, 0.4) is 0 Å². The number of para-hydroxylation sites is 1. The van der Waals surface area contributed by atoms with E-state index >= 15 is 0 Å². The van der Waals surface area contributed by atoms with Crippen molar-refractivity contribution in [2.24, 2.45) is 0 Å². The van der Waals surface area contributed by atoms with Crippen molar-refractivity contribution in [1.82, 2.24) is 9.88 Å². The molecule has 6 nitrogen and oxygen atoms in total. The molecule has 1 amide bonds. The fraction of sp³-hybridized carbons (Fsp3) is 0.179. The Balaban J connectivity index is 1.37. The van der Waals surface area contributed by atoms with Gasteiger partial charge in [-0.2, -0.15) is 0 Å². The highest BCUT2D eigenvalue weighted by Gasteiger charge is 2.27. The summed E-state index contributed by atoms with van der Waals surface area (Å²) in [7, 11) is 0. The number of nitrogens with zero attached hydrogens (tertiary/aromatic N) is 2. The van der Waals surface area contributed by atoms with E-state index in [1.54, 1.807) is 12.1 Å². The minimum absolute atomic E-state index is 0.301. The topological polar surface area (TPSA) is 71.5 Å². The number of benzene rings is 3. The lowest BCUT2D eigenvalue weighted by Gasteiger charge is -2.30. The van der Waals surface area contributed by atoms with Crippen molar-refractivity contribution in [3.63, 3.8) is 0 Å². The molecule has 8 heteroatoms. The molecule has 0 radical (unpaired) electrons. The average Bonchev–Trinajstić information content (AvgIpc) is 2.88. The first kappa shape index (κ1) is 24.3. The molecule has 0 saturated heterocycles. The summed E-state index contributed by atoms with van der Waals surface area (Å²) in [6.45, 7) is 1.73. The van der Waals surface area contributed by atoms with Crippen LogP contribution >= 0.6 is 23.2 Å². The molecule has 0 aliphatic carbocycles. The van der Waals surface area contributed by atoms with Gasteiger partial charge in [-0.15, -0.1) is 0 Å². The SMILES string of the molecule is O=C(COC(=O)c1c2c(nc3ccccc13)CCN(Cc1ccccc1)C2)Nc1ccc(Cl)cc1Cl. The van der Waals surface area contributed by atoms with Crippen molar-refractivity contribution in [2.45, 2.75) is 19.5 Å². The van der Waals surface area contributed by atoms with Crippen LogP contribution < -0.4 is 5.32 Å². The quantitative estimate of drug-likeness (QED) is 0.321. The van der Waals surface area contributed by atoms with Gasteiger partial charge < -0.3 is 10.1 Å². The van der Waals surface area contributed by atoms with E-state index in [1.165, 1.54) is 11.6 Å². The summed E-state index contributed by atoms with van der Waals surface area (Å²) in [6.07, 6.45) is 0.725. The summed E-state index contributed by atoms with van der Waals surface area (Å²) in [5.41, 5.74) is 4.54. The third-order valence-corrected chi connectivity index (χ3v) is 6.67. The summed E-state index contributed by atoms with van der Waals surface area (Å²) < 4.78 is 5.49. The van der Waals surface area contributed by atoms with Crippen LogP contribution in [0.25, 0.3) is 10.9 Å². The van der Waals surface area contributed by atoms with E-state index in [4.69, 9.17) is 32.9 Å². The Labute approximate surface area is 218 Å². The Kier molecular flexibility index (Phi) is 7.18. The highest BCUT2D eigenvalue weighted by Crippen LogP contribution is 2.30. The van der Waals surface area contributed by atoms with Gasteiger partial charge >= 0.3 is 5.97 Å². The zero-order valence-electron chi connectivity index (χ0n) is 19.3. The van der Waals surface area contributed by atoms with Gasteiger partial charge in [0.1, 0.15) is 0 Å². The number of carbonyl (C=O) groups excluding carboxylic acids is 2. The Morgan fingerprint density at radius 1 is 1.00 bits per heavy atom. The first-order valence-corrected chi connectivity index (χ1v) is 12.3. The second-order valence-electron chi connectivity index (χ2n) is 8.62. The van der Waals surface area contributed by atoms with Gasteiger partial charge in [0.2, 0.25) is 0 Å². The molecule has 2 heterocycles. The fourth-order valence-corrected chi connectivity index (χ4v) is 4.89. The molecular formula is C28H23Cl2N3O3. The number of esters is 1. The number of ether oxygens (including phenoxy) is 1. The molecule has 0 fully saturated rings. The first-order valence-electron chi connectivity index (χ1n) is 11.6. The van der Waals surface area contributed by atoms with Crippen LogP contribution in [0.2, 0.25) is 10.0 Å². The van der Waals surface area contributed by atoms with Gasteiger partial charge in [0.15, 0.2) is 6.61 Å². The van der Waals surface area contributed by atoms with Gasteiger partial charge in [0.05, 0.1) is 21.8 Å². The van der Waals surface area contributed by atoms with E-state index in [0.717, 1.165) is 36.3 Å². The van der Waals surface area contributed by atoms with Crippen LogP contribution in [0.5, 0.6) is 0 Å². The molecule has 0 unspecified atom stereocenters. The predicted octanol–water partition coefficient (Wildman–Crippen LogP) is 5.90. The summed E-state index contributed by atoms with van der Waals surface area (Å²) in [5, 5.41) is 4.12. The van der Waals surface area contributed by atoms with E-state index < -0.39 is 18.5 Å². The third-order valence-electron chi connectivity index (χ3n) is 6.12. The van der Waals surface area contributed by atoms with Crippen molar-refractivity contribution in [1.29, 1.82) is 0 Å². The van der Waals surface area contributed by atoms with Crippen LogP contribution in [0.4, 0.5) is 5.69 Å². The Morgan fingerprint density at radius 2 is 1.78 bits per heavy atom. The van der Waals surface area contributed by atoms with Crippen molar-refractivity contribution in [2.75, 3.05) is 18.5 Å². The van der Waals surface area contributed by atoms with Crippen LogP contribution in [0, 0.1) is 0 Å². The van der Waals surface area contributed by atoms with E-state index in [0.29, 0.717) is 33.2 Å². The molecule has 1 aromatic heterocycles. The number of fused-ring (bicyclic) bond motifs is 2. The normalized spacial score (nSPS) is 13.3. The van der Waals surface area contributed by atoms with Crippen molar-refractivity contribution >= 4 is 51.7 Å². The molecule has 0 bridgehead atoms. The molecule has 1 N–H and O–H groups in total. The smallest absolute Gasteiger partial charge is 0.339 e. The average molecular weight is 520 g/mol. The van der Waals surface area contributed by atoms with Crippen molar-refractivity contribution < 1.29 is 14.3 Å². The molecule has 36 heavy (non-hydrogen) atoms. The largest absolute Gasteiger partial charge is 0.452 e. The molecular weight excluding hydrogens is 497 g/mol. The number of aromatic nitrogens is 1. The zero-order chi connectivity index (χ0) is 25.1. The molecule has 3 aromatic carbocycles. The molecule has 0 atom stereocenters. The lowest BCUT2D eigenvalue weighted by atomic mass is 9.95. The predicted molar refractivity (Wildman–Crippen MR) is 141 cm³/mol. The number of rotatable bonds is 6.